The van der Waals surface area contributed by atoms with Gasteiger partial charge < -0.3 is 15.7 Å². The second kappa shape index (κ2) is 4.33. The first-order chi connectivity index (χ1) is 6.50. The van der Waals surface area contributed by atoms with Gasteiger partial charge in [-0.1, -0.05) is 6.07 Å². The van der Waals surface area contributed by atoms with E-state index in [2.05, 4.69) is 0 Å². The Morgan fingerprint density at radius 1 is 1.50 bits per heavy atom. The average Bonchev–Trinajstić information content (AvgIpc) is 2.08. The summed E-state index contributed by atoms with van der Waals surface area (Å²) in [5.74, 6) is 0. The summed E-state index contributed by atoms with van der Waals surface area (Å²) in [7, 11) is 1.95. The van der Waals surface area contributed by atoms with Crippen LogP contribution >= 0.6 is 0 Å². The van der Waals surface area contributed by atoms with Gasteiger partial charge in [0.15, 0.2) is 0 Å². The maximum atomic E-state index is 9.27. The lowest BCUT2D eigenvalue weighted by atomic mass is 10.1. The fraction of sp³-hybridized carbons (Fsp3) is 0.455. The molecule has 3 heteroatoms. The van der Waals surface area contributed by atoms with Gasteiger partial charge >= 0.3 is 0 Å². The predicted octanol–water partition coefficient (Wildman–Crippen LogP) is 1.39. The van der Waals surface area contributed by atoms with Gasteiger partial charge in [-0.3, -0.25) is 0 Å². The van der Waals surface area contributed by atoms with E-state index in [1.807, 2.05) is 37.1 Å². The minimum atomic E-state index is -0.333. The van der Waals surface area contributed by atoms with Crippen molar-refractivity contribution in [1.29, 1.82) is 0 Å². The summed E-state index contributed by atoms with van der Waals surface area (Å²) in [6.45, 7) is 4.43. The van der Waals surface area contributed by atoms with Crippen LogP contribution in [0.25, 0.3) is 0 Å². The summed E-state index contributed by atoms with van der Waals surface area (Å²) in [5, 5.41) is 9.27. The summed E-state index contributed by atoms with van der Waals surface area (Å²) in [6.07, 6.45) is -0.333. The molecule has 0 aliphatic rings. The molecule has 14 heavy (non-hydrogen) atoms. The van der Waals surface area contributed by atoms with E-state index in [9.17, 15) is 5.11 Å². The Bertz CT molecular complexity index is 310. The second-order valence-electron chi connectivity index (χ2n) is 3.78. The van der Waals surface area contributed by atoms with E-state index >= 15 is 0 Å². The maximum Gasteiger partial charge on any atom is 0.0686 e. The molecule has 0 saturated carbocycles. The fourth-order valence-electron chi connectivity index (χ4n) is 1.53. The van der Waals surface area contributed by atoms with Gasteiger partial charge in [0.2, 0.25) is 0 Å². The summed E-state index contributed by atoms with van der Waals surface area (Å²) in [6, 6.07) is 5.80. The van der Waals surface area contributed by atoms with Crippen molar-refractivity contribution in [2.24, 2.45) is 0 Å². The molecule has 0 aliphatic carbocycles. The van der Waals surface area contributed by atoms with E-state index in [4.69, 9.17) is 5.73 Å². The van der Waals surface area contributed by atoms with Crippen molar-refractivity contribution < 1.29 is 5.11 Å². The number of nitrogens with zero attached hydrogens (tertiary/aromatic N) is 1. The largest absolute Gasteiger partial charge is 0.399 e. The molecule has 0 aliphatic heterocycles. The average molecular weight is 194 g/mol. The van der Waals surface area contributed by atoms with Crippen molar-refractivity contribution in [3.05, 3.63) is 23.8 Å². The van der Waals surface area contributed by atoms with Gasteiger partial charge in [-0.05, 0) is 31.5 Å². The highest BCUT2D eigenvalue weighted by Gasteiger charge is 2.07. The number of benzene rings is 1. The van der Waals surface area contributed by atoms with Crippen molar-refractivity contribution in [2.45, 2.75) is 20.0 Å². The lowest BCUT2D eigenvalue weighted by Crippen LogP contribution is -2.27. The zero-order valence-corrected chi connectivity index (χ0v) is 8.99. The van der Waals surface area contributed by atoms with E-state index in [1.54, 1.807) is 6.92 Å². The highest BCUT2D eigenvalue weighted by Crippen LogP contribution is 2.21. The van der Waals surface area contributed by atoms with Crippen LogP contribution in [-0.2, 0) is 0 Å². The van der Waals surface area contributed by atoms with Gasteiger partial charge in [0, 0.05) is 25.0 Å². The minimum Gasteiger partial charge on any atom is -0.399 e. The minimum absolute atomic E-state index is 0.333. The molecule has 1 aromatic rings. The Morgan fingerprint density at radius 3 is 2.71 bits per heavy atom. The molecular weight excluding hydrogens is 176 g/mol. The molecular formula is C11H18N2O. The molecule has 0 saturated heterocycles. The van der Waals surface area contributed by atoms with Crippen LogP contribution < -0.4 is 10.6 Å². The fourth-order valence-corrected chi connectivity index (χ4v) is 1.53. The molecule has 3 nitrogen and oxygen atoms in total. The highest BCUT2D eigenvalue weighted by atomic mass is 16.3. The Kier molecular flexibility index (Phi) is 3.36. The third-order valence-electron chi connectivity index (χ3n) is 2.18. The van der Waals surface area contributed by atoms with E-state index in [1.165, 1.54) is 5.56 Å². The molecule has 0 amide bonds. The number of nitrogens with two attached hydrogens (primary N) is 1. The smallest absolute Gasteiger partial charge is 0.0686 e. The molecule has 0 radical (unpaired) electrons. The van der Waals surface area contributed by atoms with E-state index in [0.717, 1.165) is 11.4 Å². The number of aliphatic hydroxyl groups excluding tert-OH is 1. The van der Waals surface area contributed by atoms with Crippen LogP contribution in [0.2, 0.25) is 0 Å². The SMILES string of the molecule is Cc1ccc(N)cc1N(C)CC(C)O. The van der Waals surface area contributed by atoms with Crippen molar-refractivity contribution >= 4 is 11.4 Å². The van der Waals surface area contributed by atoms with Crippen molar-refractivity contribution in [2.75, 3.05) is 24.2 Å². The molecule has 0 heterocycles. The number of hydrogen-bond donors (Lipinski definition) is 2. The van der Waals surface area contributed by atoms with Crippen LogP contribution in [0, 0.1) is 6.92 Å². The zero-order valence-electron chi connectivity index (χ0n) is 8.99. The first-order valence-electron chi connectivity index (χ1n) is 4.76. The second-order valence-corrected chi connectivity index (χ2v) is 3.78. The normalized spacial score (nSPS) is 12.6. The van der Waals surface area contributed by atoms with Gasteiger partial charge in [0.25, 0.3) is 0 Å². The van der Waals surface area contributed by atoms with Gasteiger partial charge in [-0.15, -0.1) is 0 Å². The molecule has 1 atom stereocenters. The molecule has 78 valence electrons. The number of anilines is 2. The Morgan fingerprint density at radius 2 is 2.14 bits per heavy atom. The number of aryl methyl sites for hydroxylation is 1. The lowest BCUT2D eigenvalue weighted by Gasteiger charge is -2.23. The monoisotopic (exact) mass is 194 g/mol. The number of aliphatic hydroxyl groups is 1. The highest BCUT2D eigenvalue weighted by molar-refractivity contribution is 5.60. The zero-order chi connectivity index (χ0) is 10.7. The van der Waals surface area contributed by atoms with Crippen molar-refractivity contribution in [1.82, 2.24) is 0 Å². The quantitative estimate of drug-likeness (QED) is 0.715. The molecule has 0 bridgehead atoms. The van der Waals surface area contributed by atoms with Crippen LogP contribution in [0.5, 0.6) is 0 Å². The van der Waals surface area contributed by atoms with Crippen LogP contribution in [0.15, 0.2) is 18.2 Å². The molecule has 1 unspecified atom stereocenters. The van der Waals surface area contributed by atoms with E-state index in [-0.39, 0.29) is 6.10 Å². The van der Waals surface area contributed by atoms with E-state index in [0.29, 0.717) is 6.54 Å². The molecule has 0 aromatic heterocycles. The lowest BCUT2D eigenvalue weighted by molar-refractivity contribution is 0.201. The Hall–Kier alpha value is -1.22. The topological polar surface area (TPSA) is 49.5 Å². The maximum absolute atomic E-state index is 9.27. The summed E-state index contributed by atoms with van der Waals surface area (Å²) in [5.41, 5.74) is 8.70. The van der Waals surface area contributed by atoms with Crippen molar-refractivity contribution in [3.63, 3.8) is 0 Å². The molecule has 0 fully saturated rings. The predicted molar refractivity (Wildman–Crippen MR) is 60.5 cm³/mol. The Labute approximate surface area is 85.2 Å². The number of hydrogen-bond acceptors (Lipinski definition) is 3. The van der Waals surface area contributed by atoms with Crippen molar-refractivity contribution in [3.8, 4) is 0 Å². The van der Waals surface area contributed by atoms with Crippen LogP contribution in [0.1, 0.15) is 12.5 Å². The number of nitrogen functional groups attached to an aromatic ring is 1. The van der Waals surface area contributed by atoms with E-state index < -0.39 is 0 Å². The summed E-state index contributed by atoms with van der Waals surface area (Å²) >= 11 is 0. The molecule has 1 rings (SSSR count). The Balaban J connectivity index is 2.88. The molecule has 3 N–H and O–H groups in total. The first kappa shape index (κ1) is 10.9. The van der Waals surface area contributed by atoms with Gasteiger partial charge in [-0.25, -0.2) is 0 Å². The van der Waals surface area contributed by atoms with Crippen LogP contribution in [-0.4, -0.2) is 24.8 Å². The van der Waals surface area contributed by atoms with Gasteiger partial charge in [0.05, 0.1) is 6.10 Å². The standard InChI is InChI=1S/C11H18N2O/c1-8-4-5-10(12)6-11(8)13(3)7-9(2)14/h4-6,9,14H,7,12H2,1-3H3. The summed E-state index contributed by atoms with van der Waals surface area (Å²) < 4.78 is 0. The van der Waals surface area contributed by atoms with Crippen LogP contribution in [0.4, 0.5) is 11.4 Å². The third kappa shape index (κ3) is 2.64. The molecule has 0 spiro atoms. The third-order valence-corrected chi connectivity index (χ3v) is 2.18. The van der Waals surface area contributed by atoms with Crippen LogP contribution in [0.3, 0.4) is 0 Å². The van der Waals surface area contributed by atoms with Gasteiger partial charge in [-0.2, -0.15) is 0 Å². The van der Waals surface area contributed by atoms with Gasteiger partial charge in [0.1, 0.15) is 0 Å². The first-order valence-corrected chi connectivity index (χ1v) is 4.76. The number of rotatable bonds is 3. The summed E-state index contributed by atoms with van der Waals surface area (Å²) in [4.78, 5) is 2.01. The molecule has 1 aromatic carbocycles. The number of likely N-dealkylation sites (N-methyl/N-ethyl adjacent to an activating group) is 1.